The molecule has 0 aromatic rings. The van der Waals surface area contributed by atoms with Crippen LogP contribution in [-0.4, -0.2) is 47.3 Å². The Hall–Kier alpha value is -0.120. The van der Waals surface area contributed by atoms with Gasteiger partial charge in [-0.1, -0.05) is 6.92 Å². The third kappa shape index (κ3) is 3.46. The highest BCUT2D eigenvalue weighted by molar-refractivity contribution is 5.07. The van der Waals surface area contributed by atoms with Crippen LogP contribution in [0.15, 0.2) is 0 Å². The summed E-state index contributed by atoms with van der Waals surface area (Å²) in [5, 5.41) is 3.81. The molecule has 124 valence electrons. The van der Waals surface area contributed by atoms with Gasteiger partial charge >= 0.3 is 0 Å². The zero-order chi connectivity index (χ0) is 15.9. The smallest absolute Gasteiger partial charge is 0.0678 e. The van der Waals surface area contributed by atoms with Crippen LogP contribution in [0.4, 0.5) is 0 Å². The molecular weight excluding hydrogens is 260 g/mol. The maximum atomic E-state index is 6.38. The van der Waals surface area contributed by atoms with Crippen molar-refractivity contribution in [2.24, 2.45) is 5.92 Å². The molecule has 0 radical (unpaired) electrons. The number of nitrogens with zero attached hydrogens (tertiary/aromatic N) is 1. The zero-order valence-corrected chi connectivity index (χ0v) is 15.3. The Morgan fingerprint density at radius 3 is 2.19 bits per heavy atom. The van der Waals surface area contributed by atoms with E-state index in [1.807, 2.05) is 0 Å². The lowest BCUT2D eigenvalue weighted by Gasteiger charge is -2.47. The Labute approximate surface area is 131 Å². The number of hydrogen-bond donors (Lipinski definition) is 1. The largest absolute Gasteiger partial charge is 0.369 e. The van der Waals surface area contributed by atoms with E-state index in [0.717, 1.165) is 13.0 Å². The normalized spacial score (nSPS) is 30.7. The number of rotatable bonds is 5. The summed E-state index contributed by atoms with van der Waals surface area (Å²) >= 11 is 0. The summed E-state index contributed by atoms with van der Waals surface area (Å²) in [6.07, 6.45) is 3.82. The second-order valence-corrected chi connectivity index (χ2v) is 8.66. The molecule has 1 N–H and O–H groups in total. The maximum Gasteiger partial charge on any atom is 0.0678 e. The predicted octanol–water partition coefficient (Wildman–Crippen LogP) is 3.43. The summed E-state index contributed by atoms with van der Waals surface area (Å²) in [7, 11) is 0. The molecule has 2 unspecified atom stereocenters. The van der Waals surface area contributed by atoms with Crippen molar-refractivity contribution in [3.63, 3.8) is 0 Å². The van der Waals surface area contributed by atoms with E-state index in [9.17, 15) is 0 Å². The van der Waals surface area contributed by atoms with Crippen molar-refractivity contribution in [2.75, 3.05) is 19.6 Å². The molecule has 0 amide bonds. The summed E-state index contributed by atoms with van der Waals surface area (Å²) in [5.74, 6) is 0.544. The first-order chi connectivity index (χ1) is 9.60. The number of ether oxygens (including phenoxy) is 1. The Kier molecular flexibility index (Phi) is 4.78. The van der Waals surface area contributed by atoms with Gasteiger partial charge in [0, 0.05) is 17.5 Å². The number of hydrogen-bond acceptors (Lipinski definition) is 3. The number of nitrogens with one attached hydrogen (secondary N) is 1. The van der Waals surface area contributed by atoms with Crippen molar-refractivity contribution < 1.29 is 4.74 Å². The number of likely N-dealkylation sites (tertiary alicyclic amines) is 1. The Balaban J connectivity index is 2.25. The van der Waals surface area contributed by atoms with Crippen LogP contribution in [-0.2, 0) is 4.74 Å². The fourth-order valence-corrected chi connectivity index (χ4v) is 4.72. The van der Waals surface area contributed by atoms with E-state index in [1.54, 1.807) is 0 Å². The molecule has 2 rings (SSSR count). The molecule has 3 nitrogen and oxygen atoms in total. The standard InChI is InChI=1S/C18H36N2O/c1-8-19-15(17(4,5)20-11-9-10-12-20)14-13-16(2,3)21-18(14,6)7/h14-15,19H,8-13H2,1-7H3. The average Bonchev–Trinajstić information content (AvgIpc) is 2.92. The van der Waals surface area contributed by atoms with E-state index in [1.165, 1.54) is 25.9 Å². The monoisotopic (exact) mass is 296 g/mol. The van der Waals surface area contributed by atoms with Gasteiger partial charge in [-0.3, -0.25) is 4.90 Å². The molecule has 21 heavy (non-hydrogen) atoms. The molecule has 0 bridgehead atoms. The van der Waals surface area contributed by atoms with Gasteiger partial charge in [0.1, 0.15) is 0 Å². The first kappa shape index (κ1) is 17.2. The summed E-state index contributed by atoms with van der Waals surface area (Å²) in [6.45, 7) is 19.6. The van der Waals surface area contributed by atoms with Gasteiger partial charge in [-0.2, -0.15) is 0 Å². The van der Waals surface area contributed by atoms with Crippen LogP contribution >= 0.6 is 0 Å². The van der Waals surface area contributed by atoms with Crippen molar-refractivity contribution in [3.05, 3.63) is 0 Å². The lowest BCUT2D eigenvalue weighted by molar-refractivity contribution is -0.0838. The molecule has 2 fully saturated rings. The first-order valence-corrected chi connectivity index (χ1v) is 8.79. The molecule has 2 atom stereocenters. The molecule has 0 spiro atoms. The molecule has 3 heteroatoms. The lowest BCUT2D eigenvalue weighted by Crippen LogP contribution is -2.62. The minimum atomic E-state index is -0.0622. The van der Waals surface area contributed by atoms with Gasteiger partial charge in [0.2, 0.25) is 0 Å². The summed E-state index contributed by atoms with van der Waals surface area (Å²) < 4.78 is 6.38. The fraction of sp³-hybridized carbons (Fsp3) is 1.00. The SMILES string of the molecule is CCNC(C1CC(C)(C)OC1(C)C)C(C)(C)N1CCCC1. The average molecular weight is 296 g/mol. The second kappa shape index (κ2) is 5.82. The molecule has 0 aromatic carbocycles. The number of likely N-dealkylation sites (N-methyl/N-ethyl adjacent to an activating group) is 1. The van der Waals surface area contributed by atoms with Crippen LogP contribution in [0.3, 0.4) is 0 Å². The summed E-state index contributed by atoms with van der Waals surface area (Å²) in [6, 6.07) is 0.470. The minimum Gasteiger partial charge on any atom is -0.369 e. The van der Waals surface area contributed by atoms with Crippen LogP contribution in [0.2, 0.25) is 0 Å². The Morgan fingerprint density at radius 1 is 1.19 bits per heavy atom. The molecule has 2 aliphatic heterocycles. The highest BCUT2D eigenvalue weighted by Gasteiger charge is 2.53. The van der Waals surface area contributed by atoms with Crippen molar-refractivity contribution in [2.45, 2.75) is 90.5 Å². The van der Waals surface area contributed by atoms with E-state index in [0.29, 0.717) is 12.0 Å². The first-order valence-electron chi connectivity index (χ1n) is 8.79. The molecule has 2 saturated heterocycles. The summed E-state index contributed by atoms with van der Waals surface area (Å²) in [4.78, 5) is 2.68. The van der Waals surface area contributed by atoms with Crippen LogP contribution < -0.4 is 5.32 Å². The quantitative estimate of drug-likeness (QED) is 0.841. The molecular formula is C18H36N2O. The van der Waals surface area contributed by atoms with Gasteiger partial charge in [-0.25, -0.2) is 0 Å². The highest BCUT2D eigenvalue weighted by atomic mass is 16.5. The summed E-state index contributed by atoms with van der Waals surface area (Å²) in [5.41, 5.74) is 0.106. The van der Waals surface area contributed by atoms with E-state index < -0.39 is 0 Å². The highest BCUT2D eigenvalue weighted by Crippen LogP contribution is 2.46. The van der Waals surface area contributed by atoms with Gasteiger partial charge in [0.05, 0.1) is 11.2 Å². The second-order valence-electron chi connectivity index (χ2n) is 8.66. The van der Waals surface area contributed by atoms with E-state index in [4.69, 9.17) is 4.74 Å². The van der Waals surface area contributed by atoms with Crippen molar-refractivity contribution in [3.8, 4) is 0 Å². The maximum absolute atomic E-state index is 6.38. The molecule has 0 aromatic heterocycles. The molecule has 0 aliphatic carbocycles. The lowest BCUT2D eigenvalue weighted by atomic mass is 9.73. The Morgan fingerprint density at radius 2 is 1.76 bits per heavy atom. The van der Waals surface area contributed by atoms with Crippen LogP contribution in [0.1, 0.15) is 67.7 Å². The fourth-order valence-electron chi connectivity index (χ4n) is 4.72. The van der Waals surface area contributed by atoms with Gasteiger partial charge < -0.3 is 10.1 Å². The molecule has 0 saturated carbocycles. The molecule has 2 heterocycles. The third-order valence-corrected chi connectivity index (χ3v) is 5.65. The van der Waals surface area contributed by atoms with Gasteiger partial charge in [0.25, 0.3) is 0 Å². The minimum absolute atomic E-state index is 0.0110. The van der Waals surface area contributed by atoms with Gasteiger partial charge in [0.15, 0.2) is 0 Å². The van der Waals surface area contributed by atoms with E-state index in [2.05, 4.69) is 58.7 Å². The van der Waals surface area contributed by atoms with Crippen molar-refractivity contribution >= 4 is 0 Å². The van der Waals surface area contributed by atoms with E-state index in [-0.39, 0.29) is 16.7 Å². The van der Waals surface area contributed by atoms with Crippen molar-refractivity contribution in [1.82, 2.24) is 10.2 Å². The Bertz CT molecular complexity index is 356. The zero-order valence-electron chi connectivity index (χ0n) is 15.3. The van der Waals surface area contributed by atoms with E-state index >= 15 is 0 Å². The van der Waals surface area contributed by atoms with Gasteiger partial charge in [-0.05, 0) is 80.4 Å². The van der Waals surface area contributed by atoms with Gasteiger partial charge in [-0.15, -0.1) is 0 Å². The molecule has 2 aliphatic rings. The third-order valence-electron chi connectivity index (χ3n) is 5.65. The predicted molar refractivity (Wildman–Crippen MR) is 89.7 cm³/mol. The van der Waals surface area contributed by atoms with Crippen LogP contribution in [0, 0.1) is 5.92 Å². The van der Waals surface area contributed by atoms with Crippen LogP contribution in [0.25, 0.3) is 0 Å². The van der Waals surface area contributed by atoms with Crippen LogP contribution in [0.5, 0.6) is 0 Å². The topological polar surface area (TPSA) is 24.5 Å². The van der Waals surface area contributed by atoms with Crippen molar-refractivity contribution in [1.29, 1.82) is 0 Å².